The minimum atomic E-state index is -4.02. The van der Waals surface area contributed by atoms with Crippen molar-refractivity contribution in [3.05, 3.63) is 64.1 Å². The molecule has 0 radical (unpaired) electrons. The van der Waals surface area contributed by atoms with Gasteiger partial charge in [-0.25, -0.2) is 17.2 Å². The number of nitrogens with one attached hydrogen (secondary N) is 1. The monoisotopic (exact) mass is 517 g/mol. The highest BCUT2D eigenvalue weighted by molar-refractivity contribution is 9.10. The topological polar surface area (TPSA) is 86.8 Å². The molecular weight excluding hydrogens is 496 g/mol. The Kier molecular flexibility index (Phi) is 8.13. The number of rotatable bonds is 8. The standard InChI is InChI=1S/C20H22BrF2N3O4S/c1-13(20(28)24-2)25(11-14-5-4-6-15(21)9-14)19(27)12-26(31(3,29)30)16-7-8-17(22)18(23)10-16/h4-10,13H,11-12H2,1-3H3,(H,24,28)/t13-/m0/s1. The highest BCUT2D eigenvalue weighted by Gasteiger charge is 2.30. The van der Waals surface area contributed by atoms with Gasteiger partial charge in [0.05, 0.1) is 11.9 Å². The number of amides is 2. The molecule has 0 spiro atoms. The molecule has 0 aromatic heterocycles. The molecule has 11 heteroatoms. The number of likely N-dealkylation sites (N-methyl/N-ethyl adjacent to an activating group) is 1. The summed E-state index contributed by atoms with van der Waals surface area (Å²) in [7, 11) is -2.60. The Labute approximate surface area is 188 Å². The summed E-state index contributed by atoms with van der Waals surface area (Å²) in [4.78, 5) is 26.6. The zero-order valence-corrected chi connectivity index (χ0v) is 19.5. The van der Waals surface area contributed by atoms with E-state index in [1.807, 2.05) is 0 Å². The van der Waals surface area contributed by atoms with Crippen LogP contribution < -0.4 is 9.62 Å². The summed E-state index contributed by atoms with van der Waals surface area (Å²) < 4.78 is 53.0. The molecule has 0 saturated heterocycles. The Morgan fingerprint density at radius 2 is 1.81 bits per heavy atom. The van der Waals surface area contributed by atoms with E-state index in [0.29, 0.717) is 15.9 Å². The fourth-order valence-electron chi connectivity index (χ4n) is 2.88. The second kappa shape index (κ2) is 10.2. The first-order valence-electron chi connectivity index (χ1n) is 9.12. The quantitative estimate of drug-likeness (QED) is 0.583. The molecule has 2 rings (SSSR count). The molecule has 2 aromatic rings. The van der Waals surface area contributed by atoms with Crippen LogP contribution in [0.3, 0.4) is 0 Å². The number of halogens is 3. The maximum absolute atomic E-state index is 13.7. The lowest BCUT2D eigenvalue weighted by molar-refractivity contribution is -0.139. The molecule has 168 valence electrons. The Hall–Kier alpha value is -2.53. The van der Waals surface area contributed by atoms with E-state index < -0.39 is 46.1 Å². The molecule has 0 aliphatic rings. The molecule has 1 N–H and O–H groups in total. The lowest BCUT2D eigenvalue weighted by atomic mass is 10.1. The molecule has 2 aromatic carbocycles. The summed E-state index contributed by atoms with van der Waals surface area (Å²) in [5.41, 5.74) is 0.502. The van der Waals surface area contributed by atoms with Crippen molar-refractivity contribution in [3.63, 3.8) is 0 Å². The normalized spacial score (nSPS) is 12.2. The number of carbonyl (C=O) groups is 2. The van der Waals surface area contributed by atoms with Crippen LogP contribution in [0, 0.1) is 11.6 Å². The lowest BCUT2D eigenvalue weighted by Crippen LogP contribution is -2.50. The zero-order valence-electron chi connectivity index (χ0n) is 17.1. The SMILES string of the molecule is CNC(=O)[C@H](C)N(Cc1cccc(Br)c1)C(=O)CN(c1ccc(F)c(F)c1)S(C)(=O)=O. The smallest absolute Gasteiger partial charge is 0.244 e. The van der Waals surface area contributed by atoms with Crippen molar-refractivity contribution in [3.8, 4) is 0 Å². The minimum Gasteiger partial charge on any atom is -0.357 e. The van der Waals surface area contributed by atoms with E-state index in [-0.39, 0.29) is 12.2 Å². The fourth-order valence-corrected chi connectivity index (χ4v) is 4.17. The van der Waals surface area contributed by atoms with Crippen LogP contribution in [0.4, 0.5) is 14.5 Å². The largest absolute Gasteiger partial charge is 0.357 e. The predicted octanol–water partition coefficient (Wildman–Crippen LogP) is 2.66. The number of sulfonamides is 1. The molecular formula is C20H22BrF2N3O4S. The van der Waals surface area contributed by atoms with Gasteiger partial charge in [-0.05, 0) is 36.8 Å². The summed E-state index contributed by atoms with van der Waals surface area (Å²) in [5.74, 6) is -3.52. The molecule has 0 aliphatic carbocycles. The molecule has 0 fully saturated rings. The predicted molar refractivity (Wildman–Crippen MR) is 117 cm³/mol. The van der Waals surface area contributed by atoms with E-state index >= 15 is 0 Å². The maximum Gasteiger partial charge on any atom is 0.244 e. The first-order valence-corrected chi connectivity index (χ1v) is 11.8. The van der Waals surface area contributed by atoms with Gasteiger partial charge in [-0.2, -0.15) is 0 Å². The molecule has 1 atom stereocenters. The molecule has 0 bridgehead atoms. The molecule has 0 unspecified atom stereocenters. The van der Waals surface area contributed by atoms with E-state index in [1.165, 1.54) is 18.9 Å². The van der Waals surface area contributed by atoms with Crippen LogP contribution in [-0.4, -0.2) is 51.0 Å². The van der Waals surface area contributed by atoms with Crippen LogP contribution in [0.25, 0.3) is 0 Å². The molecule has 2 amide bonds. The number of anilines is 1. The second-order valence-corrected chi connectivity index (χ2v) is 9.63. The first-order chi connectivity index (χ1) is 14.4. The summed E-state index contributed by atoms with van der Waals surface area (Å²) in [6.45, 7) is 0.846. The van der Waals surface area contributed by atoms with Crippen molar-refractivity contribution >= 4 is 43.5 Å². The van der Waals surface area contributed by atoms with Crippen molar-refractivity contribution in [1.82, 2.24) is 10.2 Å². The van der Waals surface area contributed by atoms with E-state index in [2.05, 4.69) is 21.2 Å². The van der Waals surface area contributed by atoms with Gasteiger partial charge in [0.1, 0.15) is 12.6 Å². The van der Waals surface area contributed by atoms with Crippen LogP contribution in [0.2, 0.25) is 0 Å². The molecule has 0 aliphatic heterocycles. The van der Waals surface area contributed by atoms with Crippen molar-refractivity contribution in [2.45, 2.75) is 19.5 Å². The van der Waals surface area contributed by atoms with Gasteiger partial charge in [0, 0.05) is 24.1 Å². The van der Waals surface area contributed by atoms with Crippen molar-refractivity contribution in [1.29, 1.82) is 0 Å². The number of nitrogens with zero attached hydrogens (tertiary/aromatic N) is 2. The van der Waals surface area contributed by atoms with E-state index in [4.69, 9.17) is 0 Å². The highest BCUT2D eigenvalue weighted by atomic mass is 79.9. The van der Waals surface area contributed by atoms with Gasteiger partial charge >= 0.3 is 0 Å². The minimum absolute atomic E-state index is 0.0300. The third kappa shape index (κ3) is 6.47. The lowest BCUT2D eigenvalue weighted by Gasteiger charge is -2.31. The number of benzene rings is 2. The maximum atomic E-state index is 13.7. The van der Waals surface area contributed by atoms with Gasteiger partial charge in [0.15, 0.2) is 11.6 Å². The van der Waals surface area contributed by atoms with Crippen LogP contribution >= 0.6 is 15.9 Å². The Balaban J connectivity index is 2.40. The number of hydrogen-bond donors (Lipinski definition) is 1. The van der Waals surface area contributed by atoms with E-state index in [9.17, 15) is 26.8 Å². The number of carbonyl (C=O) groups excluding carboxylic acids is 2. The van der Waals surface area contributed by atoms with Gasteiger partial charge in [-0.15, -0.1) is 0 Å². The van der Waals surface area contributed by atoms with Crippen molar-refractivity contribution in [2.75, 3.05) is 24.2 Å². The van der Waals surface area contributed by atoms with Crippen LogP contribution in [0.15, 0.2) is 46.9 Å². The van der Waals surface area contributed by atoms with Crippen LogP contribution in [-0.2, 0) is 26.2 Å². The average molecular weight is 518 g/mol. The summed E-state index contributed by atoms with van der Waals surface area (Å²) >= 11 is 3.34. The summed E-state index contributed by atoms with van der Waals surface area (Å²) in [6.07, 6.45) is 0.850. The van der Waals surface area contributed by atoms with Crippen LogP contribution in [0.1, 0.15) is 12.5 Å². The third-order valence-electron chi connectivity index (χ3n) is 4.53. The van der Waals surface area contributed by atoms with Crippen LogP contribution in [0.5, 0.6) is 0 Å². The van der Waals surface area contributed by atoms with Gasteiger partial charge in [-0.3, -0.25) is 13.9 Å². The van der Waals surface area contributed by atoms with Crippen molar-refractivity contribution < 1.29 is 26.8 Å². The summed E-state index contributed by atoms with van der Waals surface area (Å²) in [6, 6.07) is 8.70. The van der Waals surface area contributed by atoms with Gasteiger partial charge in [0.25, 0.3) is 0 Å². The van der Waals surface area contributed by atoms with Gasteiger partial charge in [-0.1, -0.05) is 28.1 Å². The number of hydrogen-bond acceptors (Lipinski definition) is 4. The fraction of sp³-hybridized carbons (Fsp3) is 0.300. The average Bonchev–Trinajstić information content (AvgIpc) is 2.70. The Morgan fingerprint density at radius 1 is 1.13 bits per heavy atom. The first kappa shape index (κ1) is 24.7. The second-order valence-electron chi connectivity index (χ2n) is 6.81. The Bertz CT molecular complexity index is 1080. The van der Waals surface area contributed by atoms with Gasteiger partial charge in [0.2, 0.25) is 21.8 Å². The van der Waals surface area contributed by atoms with Crippen molar-refractivity contribution in [2.24, 2.45) is 0 Å². The molecule has 0 heterocycles. The summed E-state index contributed by atoms with van der Waals surface area (Å²) in [5, 5.41) is 2.46. The highest BCUT2D eigenvalue weighted by Crippen LogP contribution is 2.22. The Morgan fingerprint density at radius 3 is 2.35 bits per heavy atom. The third-order valence-corrected chi connectivity index (χ3v) is 6.16. The van der Waals surface area contributed by atoms with E-state index in [0.717, 1.165) is 22.9 Å². The molecule has 0 saturated carbocycles. The van der Waals surface area contributed by atoms with E-state index in [1.54, 1.807) is 24.3 Å². The molecule has 31 heavy (non-hydrogen) atoms. The van der Waals surface area contributed by atoms with Gasteiger partial charge < -0.3 is 10.2 Å². The molecule has 7 nitrogen and oxygen atoms in total. The zero-order chi connectivity index (χ0) is 23.3.